The van der Waals surface area contributed by atoms with Crippen LogP contribution in [0.4, 0.5) is 0 Å². The van der Waals surface area contributed by atoms with Gasteiger partial charge in [0, 0.05) is 25.7 Å². The van der Waals surface area contributed by atoms with E-state index in [9.17, 15) is 4.79 Å². The van der Waals surface area contributed by atoms with Crippen molar-refractivity contribution in [2.45, 2.75) is 26.3 Å². The molecular weight excluding hydrogens is 391 g/mol. The van der Waals surface area contributed by atoms with Crippen LogP contribution in [-0.4, -0.2) is 32.0 Å². The van der Waals surface area contributed by atoms with Gasteiger partial charge in [-0.25, -0.2) is 4.99 Å². The summed E-state index contributed by atoms with van der Waals surface area (Å²) in [6.07, 6.45) is 2.64. The quantitative estimate of drug-likeness (QED) is 0.378. The van der Waals surface area contributed by atoms with Crippen molar-refractivity contribution in [1.82, 2.24) is 16.0 Å². The standard InChI is InChI=1S/C16H24N4O.HI/c1-3-18-16(19-10-12-7-8-12)20-11-13-5-4-6-14(9-13)15(21)17-2;/h4-6,9,12H,3,7-8,10-11H2,1-2H3,(H,17,21)(H2,18,19,20);1H. The Bertz CT molecular complexity index is 515. The Labute approximate surface area is 149 Å². The number of aliphatic imine (C=N–C) groups is 1. The molecule has 5 nitrogen and oxygen atoms in total. The predicted molar refractivity (Wildman–Crippen MR) is 101 cm³/mol. The lowest BCUT2D eigenvalue weighted by Crippen LogP contribution is -2.38. The summed E-state index contributed by atoms with van der Waals surface area (Å²) in [5, 5.41) is 9.24. The van der Waals surface area contributed by atoms with E-state index >= 15 is 0 Å². The molecule has 0 radical (unpaired) electrons. The van der Waals surface area contributed by atoms with Gasteiger partial charge in [0.2, 0.25) is 0 Å². The Morgan fingerprint density at radius 3 is 2.73 bits per heavy atom. The molecule has 1 aliphatic rings. The predicted octanol–water partition coefficient (Wildman–Crippen LogP) is 2.13. The van der Waals surface area contributed by atoms with Gasteiger partial charge in [-0.2, -0.15) is 0 Å². The maximum Gasteiger partial charge on any atom is 0.251 e. The van der Waals surface area contributed by atoms with E-state index in [0.29, 0.717) is 12.1 Å². The molecule has 0 bridgehead atoms. The SMILES string of the molecule is CCNC(=NCc1cccc(C(=O)NC)c1)NCC1CC1.I. The summed E-state index contributed by atoms with van der Waals surface area (Å²) in [6.45, 7) is 4.45. The minimum absolute atomic E-state index is 0. The first kappa shape index (κ1) is 18.7. The Hall–Kier alpha value is -1.31. The number of nitrogens with zero attached hydrogens (tertiary/aromatic N) is 1. The third kappa shape index (κ3) is 6.21. The highest BCUT2D eigenvalue weighted by Gasteiger charge is 2.20. The molecule has 1 fully saturated rings. The van der Waals surface area contributed by atoms with Gasteiger partial charge in [-0.05, 0) is 43.4 Å². The molecule has 6 heteroatoms. The van der Waals surface area contributed by atoms with Crippen LogP contribution in [0.15, 0.2) is 29.3 Å². The molecule has 1 aliphatic carbocycles. The average Bonchev–Trinajstić information content (AvgIpc) is 3.34. The molecule has 0 heterocycles. The number of hydrogen-bond donors (Lipinski definition) is 3. The summed E-state index contributed by atoms with van der Waals surface area (Å²) < 4.78 is 0. The van der Waals surface area contributed by atoms with Crippen molar-refractivity contribution >= 4 is 35.8 Å². The van der Waals surface area contributed by atoms with Gasteiger partial charge in [0.1, 0.15) is 0 Å². The first-order chi connectivity index (χ1) is 10.2. The number of carbonyl (C=O) groups is 1. The van der Waals surface area contributed by atoms with Crippen LogP contribution < -0.4 is 16.0 Å². The van der Waals surface area contributed by atoms with Crippen molar-refractivity contribution in [3.63, 3.8) is 0 Å². The fourth-order valence-corrected chi connectivity index (χ4v) is 2.03. The number of hydrogen-bond acceptors (Lipinski definition) is 2. The van der Waals surface area contributed by atoms with Crippen LogP contribution in [0.25, 0.3) is 0 Å². The maximum atomic E-state index is 11.6. The van der Waals surface area contributed by atoms with E-state index in [1.54, 1.807) is 7.05 Å². The van der Waals surface area contributed by atoms with E-state index in [2.05, 4.69) is 27.9 Å². The Morgan fingerprint density at radius 1 is 1.32 bits per heavy atom. The smallest absolute Gasteiger partial charge is 0.251 e. The average molecular weight is 416 g/mol. The molecule has 0 aromatic heterocycles. The third-order valence-electron chi connectivity index (χ3n) is 3.44. The molecule has 122 valence electrons. The number of carbonyl (C=O) groups excluding carboxylic acids is 1. The van der Waals surface area contributed by atoms with Gasteiger partial charge in [0.05, 0.1) is 6.54 Å². The van der Waals surface area contributed by atoms with E-state index in [0.717, 1.165) is 30.5 Å². The molecule has 0 saturated heterocycles. The highest BCUT2D eigenvalue weighted by Crippen LogP contribution is 2.27. The van der Waals surface area contributed by atoms with Gasteiger partial charge < -0.3 is 16.0 Å². The second-order valence-electron chi connectivity index (χ2n) is 5.30. The minimum atomic E-state index is -0.0698. The molecule has 2 rings (SSSR count). The van der Waals surface area contributed by atoms with Gasteiger partial charge in [0.15, 0.2) is 5.96 Å². The van der Waals surface area contributed by atoms with E-state index < -0.39 is 0 Å². The summed E-state index contributed by atoms with van der Waals surface area (Å²) in [7, 11) is 1.64. The number of guanidine groups is 1. The Morgan fingerprint density at radius 2 is 2.09 bits per heavy atom. The van der Waals surface area contributed by atoms with E-state index in [4.69, 9.17) is 0 Å². The number of benzene rings is 1. The van der Waals surface area contributed by atoms with Crippen molar-refractivity contribution in [3.8, 4) is 0 Å². The lowest BCUT2D eigenvalue weighted by molar-refractivity contribution is 0.0963. The second kappa shape index (κ2) is 9.66. The number of halogens is 1. The van der Waals surface area contributed by atoms with E-state index in [1.807, 2.05) is 24.3 Å². The largest absolute Gasteiger partial charge is 0.357 e. The zero-order valence-corrected chi connectivity index (χ0v) is 15.5. The molecule has 0 atom stereocenters. The van der Waals surface area contributed by atoms with Crippen LogP contribution >= 0.6 is 24.0 Å². The molecule has 0 spiro atoms. The van der Waals surface area contributed by atoms with Gasteiger partial charge in [0.25, 0.3) is 5.91 Å². The molecule has 1 aromatic carbocycles. The van der Waals surface area contributed by atoms with Gasteiger partial charge in [-0.15, -0.1) is 24.0 Å². The van der Waals surface area contributed by atoms with Crippen molar-refractivity contribution in [2.24, 2.45) is 10.9 Å². The topological polar surface area (TPSA) is 65.5 Å². The van der Waals surface area contributed by atoms with Crippen molar-refractivity contribution in [3.05, 3.63) is 35.4 Å². The van der Waals surface area contributed by atoms with Crippen molar-refractivity contribution in [1.29, 1.82) is 0 Å². The van der Waals surface area contributed by atoms with Crippen LogP contribution in [0.3, 0.4) is 0 Å². The molecule has 22 heavy (non-hydrogen) atoms. The zero-order valence-electron chi connectivity index (χ0n) is 13.2. The fourth-order valence-electron chi connectivity index (χ4n) is 2.03. The van der Waals surface area contributed by atoms with Crippen LogP contribution in [0.1, 0.15) is 35.7 Å². The zero-order chi connectivity index (χ0) is 15.1. The van der Waals surface area contributed by atoms with Crippen LogP contribution in [0.5, 0.6) is 0 Å². The van der Waals surface area contributed by atoms with Gasteiger partial charge >= 0.3 is 0 Å². The lowest BCUT2D eigenvalue weighted by atomic mass is 10.1. The molecule has 0 unspecified atom stereocenters. The highest BCUT2D eigenvalue weighted by molar-refractivity contribution is 14.0. The summed E-state index contributed by atoms with van der Waals surface area (Å²) in [6, 6.07) is 7.57. The normalized spacial score (nSPS) is 14.0. The van der Waals surface area contributed by atoms with E-state index in [-0.39, 0.29) is 29.9 Å². The Kier molecular flexibility index (Phi) is 8.22. The summed E-state index contributed by atoms with van der Waals surface area (Å²) in [4.78, 5) is 16.2. The summed E-state index contributed by atoms with van der Waals surface area (Å²) in [5.74, 6) is 1.58. The van der Waals surface area contributed by atoms with Gasteiger partial charge in [-0.1, -0.05) is 12.1 Å². The highest BCUT2D eigenvalue weighted by atomic mass is 127. The maximum absolute atomic E-state index is 11.6. The molecule has 1 aromatic rings. The van der Waals surface area contributed by atoms with Crippen LogP contribution in [-0.2, 0) is 6.54 Å². The first-order valence-electron chi connectivity index (χ1n) is 7.56. The first-order valence-corrected chi connectivity index (χ1v) is 7.56. The molecule has 1 amide bonds. The van der Waals surface area contributed by atoms with Crippen LogP contribution in [0.2, 0.25) is 0 Å². The third-order valence-corrected chi connectivity index (χ3v) is 3.44. The second-order valence-corrected chi connectivity index (χ2v) is 5.30. The van der Waals surface area contributed by atoms with Crippen molar-refractivity contribution in [2.75, 3.05) is 20.1 Å². The number of rotatable bonds is 6. The lowest BCUT2D eigenvalue weighted by Gasteiger charge is -2.11. The molecular formula is C16H25IN4O. The van der Waals surface area contributed by atoms with E-state index in [1.165, 1.54) is 12.8 Å². The number of amides is 1. The molecule has 3 N–H and O–H groups in total. The fraction of sp³-hybridized carbons (Fsp3) is 0.500. The van der Waals surface area contributed by atoms with Crippen molar-refractivity contribution < 1.29 is 4.79 Å². The minimum Gasteiger partial charge on any atom is -0.357 e. The number of nitrogens with one attached hydrogen (secondary N) is 3. The monoisotopic (exact) mass is 416 g/mol. The summed E-state index contributed by atoms with van der Waals surface area (Å²) >= 11 is 0. The van der Waals surface area contributed by atoms with Crippen LogP contribution in [0, 0.1) is 5.92 Å². The molecule has 0 aliphatic heterocycles. The molecule has 1 saturated carbocycles. The van der Waals surface area contributed by atoms with Gasteiger partial charge in [-0.3, -0.25) is 4.79 Å². The Balaban J connectivity index is 0.00000242. The summed E-state index contributed by atoms with van der Waals surface area (Å²) in [5.41, 5.74) is 1.70.